The molecular weight excluding hydrogens is 254 g/mol. The molecule has 1 atom stereocenters. The summed E-state index contributed by atoms with van der Waals surface area (Å²) in [6.07, 6.45) is 1.80. The summed E-state index contributed by atoms with van der Waals surface area (Å²) < 4.78 is 10.8. The second kappa shape index (κ2) is 7.74. The molecule has 0 aliphatic heterocycles. The Labute approximate surface area is 124 Å². The number of aliphatic hydroxyl groups is 1. The molecule has 0 heterocycles. The molecular formula is C16H33NO3. The van der Waals surface area contributed by atoms with Crippen LogP contribution in [0.2, 0.25) is 0 Å². The Kier molecular flexibility index (Phi) is 6.92. The quantitative estimate of drug-likeness (QED) is 0.572. The molecule has 120 valence electrons. The molecule has 0 aromatic heterocycles. The van der Waals surface area contributed by atoms with Crippen molar-refractivity contribution < 1.29 is 14.6 Å². The average molecular weight is 287 g/mol. The van der Waals surface area contributed by atoms with Gasteiger partial charge < -0.3 is 19.9 Å². The van der Waals surface area contributed by atoms with Gasteiger partial charge in [-0.25, -0.2) is 0 Å². The highest BCUT2D eigenvalue weighted by Gasteiger charge is 2.64. The Hall–Kier alpha value is -0.160. The van der Waals surface area contributed by atoms with E-state index in [0.29, 0.717) is 43.2 Å². The highest BCUT2D eigenvalue weighted by molar-refractivity contribution is 5.17. The fraction of sp³-hybridized carbons (Fsp3) is 1.00. The summed E-state index contributed by atoms with van der Waals surface area (Å²) in [5.41, 5.74) is 0.612. The second-order valence-corrected chi connectivity index (χ2v) is 6.98. The van der Waals surface area contributed by atoms with Crippen LogP contribution in [-0.2, 0) is 9.47 Å². The van der Waals surface area contributed by atoms with Crippen LogP contribution in [-0.4, -0.2) is 50.2 Å². The summed E-state index contributed by atoms with van der Waals surface area (Å²) in [6.45, 7) is 14.1. The van der Waals surface area contributed by atoms with Crippen molar-refractivity contribution in [1.82, 2.24) is 5.32 Å². The van der Waals surface area contributed by atoms with E-state index in [0.717, 1.165) is 19.4 Å². The van der Waals surface area contributed by atoms with Crippen LogP contribution in [0.4, 0.5) is 0 Å². The van der Waals surface area contributed by atoms with E-state index >= 15 is 0 Å². The lowest BCUT2D eigenvalue weighted by molar-refractivity contribution is 0.00355. The molecule has 20 heavy (non-hydrogen) atoms. The minimum absolute atomic E-state index is 0.306. The standard InChI is InChI=1S/C16H33NO3/c1-6-7-8-19-9-10-20-12-13(18)11-17-14-15(2,3)16(14,4)5/h13-14,17-18H,6-12H2,1-5H3. The van der Waals surface area contributed by atoms with E-state index in [2.05, 4.69) is 39.9 Å². The van der Waals surface area contributed by atoms with Crippen molar-refractivity contribution in [3.8, 4) is 0 Å². The molecule has 0 bridgehead atoms. The molecule has 4 heteroatoms. The number of hydrogen-bond donors (Lipinski definition) is 2. The van der Waals surface area contributed by atoms with Crippen molar-refractivity contribution in [2.75, 3.05) is 33.0 Å². The molecule has 2 N–H and O–H groups in total. The lowest BCUT2D eigenvalue weighted by Gasteiger charge is -2.13. The molecule has 0 amide bonds. The maximum Gasteiger partial charge on any atom is 0.0897 e. The van der Waals surface area contributed by atoms with E-state index in [1.165, 1.54) is 0 Å². The number of rotatable bonds is 11. The largest absolute Gasteiger partial charge is 0.389 e. The Balaban J connectivity index is 1.98. The molecule has 0 aromatic rings. The molecule has 1 unspecified atom stereocenters. The van der Waals surface area contributed by atoms with Gasteiger partial charge in [-0.3, -0.25) is 0 Å². The highest BCUT2D eigenvalue weighted by atomic mass is 16.5. The van der Waals surface area contributed by atoms with Gasteiger partial charge in [-0.05, 0) is 17.3 Å². The lowest BCUT2D eigenvalue weighted by atomic mass is 10.0. The van der Waals surface area contributed by atoms with Crippen molar-refractivity contribution in [3.05, 3.63) is 0 Å². The first-order valence-electron chi connectivity index (χ1n) is 7.91. The number of ether oxygens (including phenoxy) is 2. The molecule has 4 nitrogen and oxygen atoms in total. The molecule has 1 aliphatic rings. The predicted molar refractivity (Wildman–Crippen MR) is 81.9 cm³/mol. The molecule has 1 rings (SSSR count). The zero-order chi connectivity index (χ0) is 15.2. The normalized spacial score (nSPS) is 21.9. The summed E-state index contributed by atoms with van der Waals surface area (Å²) in [5, 5.41) is 13.3. The van der Waals surface area contributed by atoms with Gasteiger partial charge in [0.1, 0.15) is 0 Å². The van der Waals surface area contributed by atoms with E-state index in [4.69, 9.17) is 9.47 Å². The maximum absolute atomic E-state index is 9.88. The van der Waals surface area contributed by atoms with Gasteiger partial charge in [-0.15, -0.1) is 0 Å². The molecule has 0 spiro atoms. The number of unbranched alkanes of at least 4 members (excludes halogenated alkanes) is 1. The SMILES string of the molecule is CCCCOCCOCC(O)CNC1C(C)(C)C1(C)C. The van der Waals surface area contributed by atoms with Crippen molar-refractivity contribution in [2.45, 2.75) is 59.6 Å². The van der Waals surface area contributed by atoms with Crippen LogP contribution in [0.1, 0.15) is 47.5 Å². The van der Waals surface area contributed by atoms with Gasteiger partial charge in [-0.2, -0.15) is 0 Å². The monoisotopic (exact) mass is 287 g/mol. The summed E-state index contributed by atoms with van der Waals surface area (Å²) in [4.78, 5) is 0. The number of aliphatic hydroxyl groups excluding tert-OH is 1. The third kappa shape index (κ3) is 4.69. The van der Waals surface area contributed by atoms with E-state index in [1.54, 1.807) is 0 Å². The molecule has 0 radical (unpaired) electrons. The smallest absolute Gasteiger partial charge is 0.0897 e. The maximum atomic E-state index is 9.88. The molecule has 0 saturated heterocycles. The summed E-state index contributed by atoms with van der Waals surface area (Å²) in [5.74, 6) is 0. The van der Waals surface area contributed by atoms with Crippen LogP contribution < -0.4 is 5.32 Å². The van der Waals surface area contributed by atoms with Crippen LogP contribution >= 0.6 is 0 Å². The number of nitrogens with one attached hydrogen (secondary N) is 1. The number of hydrogen-bond acceptors (Lipinski definition) is 4. The van der Waals surface area contributed by atoms with Crippen LogP contribution in [0.25, 0.3) is 0 Å². The Morgan fingerprint density at radius 1 is 1.05 bits per heavy atom. The fourth-order valence-corrected chi connectivity index (χ4v) is 2.71. The Morgan fingerprint density at radius 3 is 2.20 bits per heavy atom. The van der Waals surface area contributed by atoms with Crippen LogP contribution in [0.3, 0.4) is 0 Å². The van der Waals surface area contributed by atoms with Crippen molar-refractivity contribution in [2.24, 2.45) is 10.8 Å². The fourth-order valence-electron chi connectivity index (χ4n) is 2.71. The Bertz CT molecular complexity index is 265. The third-order valence-electron chi connectivity index (χ3n) is 4.90. The van der Waals surface area contributed by atoms with E-state index in [9.17, 15) is 5.11 Å². The molecule has 1 aliphatic carbocycles. The van der Waals surface area contributed by atoms with Crippen molar-refractivity contribution in [1.29, 1.82) is 0 Å². The van der Waals surface area contributed by atoms with Crippen LogP contribution in [0.5, 0.6) is 0 Å². The molecule has 1 fully saturated rings. The third-order valence-corrected chi connectivity index (χ3v) is 4.90. The lowest BCUT2D eigenvalue weighted by Crippen LogP contribution is -2.34. The minimum Gasteiger partial charge on any atom is -0.389 e. The Morgan fingerprint density at radius 2 is 1.65 bits per heavy atom. The van der Waals surface area contributed by atoms with Crippen molar-refractivity contribution in [3.63, 3.8) is 0 Å². The topological polar surface area (TPSA) is 50.7 Å². The van der Waals surface area contributed by atoms with Gasteiger partial charge in [0, 0.05) is 19.2 Å². The van der Waals surface area contributed by atoms with Gasteiger partial charge in [-0.1, -0.05) is 41.0 Å². The van der Waals surface area contributed by atoms with E-state index < -0.39 is 6.10 Å². The van der Waals surface area contributed by atoms with Gasteiger partial charge in [0.2, 0.25) is 0 Å². The van der Waals surface area contributed by atoms with E-state index in [-0.39, 0.29) is 0 Å². The highest BCUT2D eigenvalue weighted by Crippen LogP contribution is 2.62. The predicted octanol–water partition coefficient (Wildman–Crippen LogP) is 2.20. The molecule has 0 aromatic carbocycles. The second-order valence-electron chi connectivity index (χ2n) is 6.98. The van der Waals surface area contributed by atoms with E-state index in [1.807, 2.05) is 0 Å². The summed E-state index contributed by atoms with van der Waals surface area (Å²) in [7, 11) is 0. The molecule has 1 saturated carbocycles. The van der Waals surface area contributed by atoms with Gasteiger partial charge >= 0.3 is 0 Å². The van der Waals surface area contributed by atoms with Crippen LogP contribution in [0.15, 0.2) is 0 Å². The van der Waals surface area contributed by atoms with Gasteiger partial charge in [0.25, 0.3) is 0 Å². The first kappa shape index (κ1) is 17.9. The minimum atomic E-state index is -0.446. The zero-order valence-electron chi connectivity index (χ0n) is 13.9. The summed E-state index contributed by atoms with van der Waals surface area (Å²) in [6, 6.07) is 0.474. The first-order chi connectivity index (χ1) is 9.34. The van der Waals surface area contributed by atoms with Gasteiger partial charge in [0.05, 0.1) is 25.9 Å². The summed E-state index contributed by atoms with van der Waals surface area (Å²) >= 11 is 0. The zero-order valence-corrected chi connectivity index (χ0v) is 13.9. The van der Waals surface area contributed by atoms with Crippen molar-refractivity contribution >= 4 is 0 Å². The first-order valence-corrected chi connectivity index (χ1v) is 7.91. The van der Waals surface area contributed by atoms with Crippen LogP contribution in [0, 0.1) is 10.8 Å². The van der Waals surface area contributed by atoms with Gasteiger partial charge in [0.15, 0.2) is 0 Å². The average Bonchev–Trinajstić information content (AvgIpc) is 2.76.